The highest BCUT2D eigenvalue weighted by atomic mass is 35.5. The topological polar surface area (TPSA) is 44.1 Å². The lowest BCUT2D eigenvalue weighted by Crippen LogP contribution is -2.10. The summed E-state index contributed by atoms with van der Waals surface area (Å²) >= 11 is 5.85. The molecule has 0 aliphatic heterocycles. The van der Waals surface area contributed by atoms with Gasteiger partial charge in [-0.15, -0.1) is 0 Å². The molecular formula is C12H10ClFN2O2. The maximum absolute atomic E-state index is 13.0. The second kappa shape index (κ2) is 5.18. The number of aromatic nitrogens is 2. The van der Waals surface area contributed by atoms with Crippen LogP contribution in [0.1, 0.15) is 16.1 Å². The van der Waals surface area contributed by atoms with Crippen LogP contribution in [0.3, 0.4) is 0 Å². The largest absolute Gasteiger partial charge is 0.464 e. The fourth-order valence-electron chi connectivity index (χ4n) is 1.62. The third kappa shape index (κ3) is 2.68. The highest BCUT2D eigenvalue weighted by Gasteiger charge is 2.13. The van der Waals surface area contributed by atoms with Crippen LogP contribution in [0.25, 0.3) is 0 Å². The quantitative estimate of drug-likeness (QED) is 0.635. The van der Waals surface area contributed by atoms with Crippen molar-refractivity contribution in [3.8, 4) is 0 Å². The first-order valence-electron chi connectivity index (χ1n) is 5.14. The van der Waals surface area contributed by atoms with Gasteiger partial charge < -0.3 is 9.30 Å². The molecule has 2 rings (SSSR count). The Morgan fingerprint density at radius 1 is 1.56 bits per heavy atom. The molecule has 0 aliphatic carbocycles. The van der Waals surface area contributed by atoms with Gasteiger partial charge in [0.15, 0.2) is 0 Å². The molecule has 0 N–H and O–H groups in total. The molecule has 0 aliphatic rings. The van der Waals surface area contributed by atoms with E-state index in [1.165, 1.54) is 25.4 Å². The maximum atomic E-state index is 13.0. The average molecular weight is 269 g/mol. The standard InChI is InChI=1S/C12H10ClFN2O2/c1-18-12(17)10-5-9(13)7-16(10)6-8-2-3-15-11(14)4-8/h2-5,7H,6H2,1H3. The van der Waals surface area contributed by atoms with Crippen LogP contribution < -0.4 is 0 Å². The first-order chi connectivity index (χ1) is 8.60. The molecular weight excluding hydrogens is 259 g/mol. The predicted molar refractivity (Wildman–Crippen MR) is 64.1 cm³/mol. The third-order valence-corrected chi connectivity index (χ3v) is 2.61. The number of carbonyl (C=O) groups excluding carboxylic acids is 1. The zero-order chi connectivity index (χ0) is 13.1. The lowest BCUT2D eigenvalue weighted by atomic mass is 10.2. The minimum atomic E-state index is -0.564. The van der Waals surface area contributed by atoms with Crippen LogP contribution >= 0.6 is 11.6 Å². The Hall–Kier alpha value is -1.88. The first kappa shape index (κ1) is 12.6. The van der Waals surface area contributed by atoms with Crippen molar-refractivity contribution in [2.45, 2.75) is 6.54 Å². The minimum absolute atomic E-state index is 0.316. The van der Waals surface area contributed by atoms with Gasteiger partial charge in [-0.25, -0.2) is 9.78 Å². The molecule has 0 saturated carbocycles. The molecule has 2 aromatic rings. The van der Waals surface area contributed by atoms with Gasteiger partial charge in [0.05, 0.1) is 12.1 Å². The van der Waals surface area contributed by atoms with Gasteiger partial charge in [-0.3, -0.25) is 0 Å². The fourth-order valence-corrected chi connectivity index (χ4v) is 1.84. The Bertz CT molecular complexity index is 583. The van der Waals surface area contributed by atoms with Gasteiger partial charge in [0.25, 0.3) is 0 Å². The Kier molecular flexibility index (Phi) is 3.62. The molecule has 0 radical (unpaired) electrons. The summed E-state index contributed by atoms with van der Waals surface area (Å²) in [7, 11) is 1.29. The summed E-state index contributed by atoms with van der Waals surface area (Å²) in [6.45, 7) is 0.316. The average Bonchev–Trinajstić information content (AvgIpc) is 2.69. The summed E-state index contributed by atoms with van der Waals surface area (Å²) in [4.78, 5) is 15.0. The molecule has 0 amide bonds. The Labute approximate surface area is 108 Å². The first-order valence-corrected chi connectivity index (χ1v) is 5.52. The van der Waals surface area contributed by atoms with E-state index < -0.39 is 11.9 Å². The van der Waals surface area contributed by atoms with Gasteiger partial charge in [-0.1, -0.05) is 11.6 Å². The number of hydrogen-bond donors (Lipinski definition) is 0. The number of carbonyl (C=O) groups is 1. The van der Waals surface area contributed by atoms with Crippen LogP contribution in [0.15, 0.2) is 30.6 Å². The predicted octanol–water partition coefficient (Wildman–Crippen LogP) is 2.51. The van der Waals surface area contributed by atoms with E-state index in [4.69, 9.17) is 11.6 Å². The molecule has 0 aromatic carbocycles. The lowest BCUT2D eigenvalue weighted by Gasteiger charge is -2.07. The van der Waals surface area contributed by atoms with Crippen LogP contribution in [0, 0.1) is 5.95 Å². The summed E-state index contributed by atoms with van der Waals surface area (Å²) in [5.41, 5.74) is 1.000. The number of methoxy groups -OCH3 is 1. The van der Waals surface area contributed by atoms with Crippen LogP contribution in [0.5, 0.6) is 0 Å². The van der Waals surface area contributed by atoms with Gasteiger partial charge in [0.1, 0.15) is 5.69 Å². The molecule has 0 fully saturated rings. The molecule has 2 heterocycles. The van der Waals surface area contributed by atoms with Crippen molar-refractivity contribution in [1.29, 1.82) is 0 Å². The number of halogens is 2. The zero-order valence-corrected chi connectivity index (χ0v) is 10.3. The van der Waals surface area contributed by atoms with Crippen molar-refractivity contribution in [3.63, 3.8) is 0 Å². The molecule has 2 aromatic heterocycles. The molecule has 4 nitrogen and oxygen atoms in total. The SMILES string of the molecule is COC(=O)c1cc(Cl)cn1Cc1ccnc(F)c1. The highest BCUT2D eigenvalue weighted by Crippen LogP contribution is 2.17. The van der Waals surface area contributed by atoms with Crippen molar-refractivity contribution in [2.24, 2.45) is 0 Å². The van der Waals surface area contributed by atoms with Crippen molar-refractivity contribution in [1.82, 2.24) is 9.55 Å². The minimum Gasteiger partial charge on any atom is -0.464 e. The number of esters is 1. The van der Waals surface area contributed by atoms with Crippen molar-refractivity contribution in [2.75, 3.05) is 7.11 Å². The van der Waals surface area contributed by atoms with E-state index in [9.17, 15) is 9.18 Å². The molecule has 0 bridgehead atoms. The molecule has 94 valence electrons. The van der Waals surface area contributed by atoms with Crippen molar-refractivity contribution >= 4 is 17.6 Å². The molecule has 18 heavy (non-hydrogen) atoms. The van der Waals surface area contributed by atoms with Gasteiger partial charge in [0, 0.05) is 18.9 Å². The van der Waals surface area contributed by atoms with Gasteiger partial charge in [0.2, 0.25) is 5.95 Å². The number of nitrogens with zero attached hydrogens (tertiary/aromatic N) is 2. The number of hydrogen-bond acceptors (Lipinski definition) is 3. The monoisotopic (exact) mass is 268 g/mol. The van der Waals surface area contributed by atoms with Crippen LogP contribution in [-0.4, -0.2) is 22.6 Å². The molecule has 0 saturated heterocycles. The second-order valence-electron chi connectivity index (χ2n) is 3.65. The van der Waals surface area contributed by atoms with E-state index in [1.54, 1.807) is 16.8 Å². The highest BCUT2D eigenvalue weighted by molar-refractivity contribution is 6.30. The Morgan fingerprint density at radius 3 is 3.00 bits per heavy atom. The van der Waals surface area contributed by atoms with E-state index >= 15 is 0 Å². The fraction of sp³-hybridized carbons (Fsp3) is 0.167. The second-order valence-corrected chi connectivity index (χ2v) is 4.09. The Balaban J connectivity index is 2.31. The lowest BCUT2D eigenvalue weighted by molar-refractivity contribution is 0.0589. The van der Waals surface area contributed by atoms with Crippen LogP contribution in [0.4, 0.5) is 4.39 Å². The molecule has 0 spiro atoms. The van der Waals surface area contributed by atoms with E-state index in [2.05, 4.69) is 9.72 Å². The molecule has 0 atom stereocenters. The number of ether oxygens (including phenoxy) is 1. The van der Waals surface area contributed by atoms with E-state index in [0.717, 1.165) is 0 Å². The van der Waals surface area contributed by atoms with E-state index in [-0.39, 0.29) is 0 Å². The van der Waals surface area contributed by atoms with Crippen molar-refractivity contribution < 1.29 is 13.9 Å². The summed E-state index contributed by atoms with van der Waals surface area (Å²) in [6.07, 6.45) is 2.96. The van der Waals surface area contributed by atoms with Crippen molar-refractivity contribution in [3.05, 3.63) is 52.8 Å². The van der Waals surface area contributed by atoms with Gasteiger partial charge in [-0.2, -0.15) is 4.39 Å². The van der Waals surface area contributed by atoms with Gasteiger partial charge in [-0.05, 0) is 23.8 Å². The normalized spacial score (nSPS) is 10.4. The maximum Gasteiger partial charge on any atom is 0.354 e. The van der Waals surface area contributed by atoms with E-state index in [1.807, 2.05) is 0 Å². The summed E-state index contributed by atoms with van der Waals surface area (Å²) in [6, 6.07) is 4.47. The Morgan fingerprint density at radius 2 is 2.33 bits per heavy atom. The third-order valence-electron chi connectivity index (χ3n) is 2.40. The van der Waals surface area contributed by atoms with Gasteiger partial charge >= 0.3 is 5.97 Å². The number of rotatable bonds is 3. The zero-order valence-electron chi connectivity index (χ0n) is 9.56. The van der Waals surface area contributed by atoms with E-state index in [0.29, 0.717) is 22.8 Å². The summed E-state index contributed by atoms with van der Waals surface area (Å²) in [5, 5.41) is 0.421. The smallest absolute Gasteiger partial charge is 0.354 e. The van der Waals surface area contributed by atoms with Crippen LogP contribution in [-0.2, 0) is 11.3 Å². The molecule has 6 heteroatoms. The molecule has 0 unspecified atom stereocenters. The van der Waals surface area contributed by atoms with Crippen LogP contribution in [0.2, 0.25) is 5.02 Å². The number of pyridine rings is 1. The summed E-state index contributed by atoms with van der Waals surface area (Å²) < 4.78 is 19.2. The summed E-state index contributed by atoms with van der Waals surface area (Å²) in [5.74, 6) is -1.05.